The summed E-state index contributed by atoms with van der Waals surface area (Å²) in [7, 11) is 0. The lowest BCUT2D eigenvalue weighted by Gasteiger charge is -2.26. The monoisotopic (exact) mass is 382 g/mol. The van der Waals surface area contributed by atoms with Crippen LogP contribution in [-0.2, 0) is 4.79 Å². The van der Waals surface area contributed by atoms with Gasteiger partial charge in [0.1, 0.15) is 5.82 Å². The number of aliphatic hydroxyl groups is 1. The average Bonchev–Trinajstić information content (AvgIpc) is 3.14. The van der Waals surface area contributed by atoms with Gasteiger partial charge in [0.05, 0.1) is 21.1 Å². The Balaban J connectivity index is 1.51. The zero-order valence-electron chi connectivity index (χ0n) is 15.2. The molecule has 0 aliphatic heterocycles. The Morgan fingerprint density at radius 1 is 1.22 bits per heavy atom. The van der Waals surface area contributed by atoms with Gasteiger partial charge in [0.15, 0.2) is 0 Å². The number of anilines is 1. The first kappa shape index (κ1) is 18.0. The van der Waals surface area contributed by atoms with Crippen LogP contribution in [0.15, 0.2) is 30.6 Å². The van der Waals surface area contributed by atoms with Crippen molar-refractivity contribution >= 4 is 34.0 Å². The number of carbonyl (C=O) groups is 1. The van der Waals surface area contributed by atoms with Crippen LogP contribution in [0.4, 0.5) is 5.82 Å². The number of thiazole rings is 1. The highest BCUT2D eigenvalue weighted by molar-refractivity contribution is 7.15. The smallest absolute Gasteiger partial charge is 0.228 e. The number of fused-ring (bicyclic) bond motifs is 1. The van der Waals surface area contributed by atoms with Crippen molar-refractivity contribution in [2.75, 3.05) is 11.9 Å². The minimum atomic E-state index is -0.00948. The topological polar surface area (TPSA) is 88.0 Å². The molecule has 1 fully saturated rings. The summed E-state index contributed by atoms with van der Waals surface area (Å²) in [5.41, 5.74) is 1.67. The number of nitrogens with zero attached hydrogens (tertiary/aromatic N) is 3. The van der Waals surface area contributed by atoms with Crippen molar-refractivity contribution in [3.8, 4) is 10.6 Å². The molecule has 6 nitrogen and oxygen atoms in total. The number of aromatic nitrogens is 3. The molecule has 3 aromatic heterocycles. The van der Waals surface area contributed by atoms with Gasteiger partial charge in [0, 0.05) is 36.4 Å². The average molecular weight is 382 g/mol. The van der Waals surface area contributed by atoms with Crippen LogP contribution in [0.5, 0.6) is 0 Å². The molecule has 0 unspecified atom stereocenters. The van der Waals surface area contributed by atoms with E-state index in [-0.39, 0.29) is 18.4 Å². The minimum Gasteiger partial charge on any atom is -0.396 e. The van der Waals surface area contributed by atoms with Gasteiger partial charge in [-0.15, -0.1) is 11.3 Å². The maximum atomic E-state index is 12.5. The van der Waals surface area contributed by atoms with Crippen LogP contribution in [-0.4, -0.2) is 32.6 Å². The van der Waals surface area contributed by atoms with Gasteiger partial charge in [-0.3, -0.25) is 4.79 Å². The lowest BCUT2D eigenvalue weighted by molar-refractivity contribution is -0.121. The van der Waals surface area contributed by atoms with Crippen LogP contribution in [0.1, 0.15) is 30.7 Å². The van der Waals surface area contributed by atoms with Crippen LogP contribution < -0.4 is 5.32 Å². The molecule has 0 radical (unpaired) electrons. The van der Waals surface area contributed by atoms with Gasteiger partial charge in [-0.2, -0.15) is 0 Å². The number of rotatable bonds is 4. The summed E-state index contributed by atoms with van der Waals surface area (Å²) in [6.45, 7) is 2.19. The predicted molar refractivity (Wildman–Crippen MR) is 107 cm³/mol. The predicted octanol–water partition coefficient (Wildman–Crippen LogP) is 3.80. The van der Waals surface area contributed by atoms with E-state index in [2.05, 4.69) is 15.3 Å². The summed E-state index contributed by atoms with van der Waals surface area (Å²) in [6.07, 6.45) is 7.01. The summed E-state index contributed by atoms with van der Waals surface area (Å²) in [6, 6.07) is 5.78. The van der Waals surface area contributed by atoms with Crippen molar-refractivity contribution in [1.29, 1.82) is 0 Å². The molecule has 1 saturated carbocycles. The van der Waals surface area contributed by atoms with Crippen molar-refractivity contribution < 1.29 is 9.90 Å². The number of nitrogens with one attached hydrogen (secondary N) is 1. The number of hydrogen-bond acceptors (Lipinski definition) is 6. The maximum absolute atomic E-state index is 12.5. The maximum Gasteiger partial charge on any atom is 0.228 e. The van der Waals surface area contributed by atoms with E-state index >= 15 is 0 Å². The molecule has 2 N–H and O–H groups in total. The Morgan fingerprint density at radius 3 is 2.74 bits per heavy atom. The molecule has 1 aliphatic rings. The molecule has 0 atom stereocenters. The lowest BCUT2D eigenvalue weighted by atomic mass is 9.82. The summed E-state index contributed by atoms with van der Waals surface area (Å²) in [5, 5.41) is 14.1. The molecule has 0 aromatic carbocycles. The van der Waals surface area contributed by atoms with Crippen LogP contribution in [0, 0.1) is 18.8 Å². The number of carbonyl (C=O) groups excluding carboxylic acids is 1. The number of pyridine rings is 2. The summed E-state index contributed by atoms with van der Waals surface area (Å²) in [5.74, 6) is 0.866. The largest absolute Gasteiger partial charge is 0.396 e. The number of amides is 1. The molecular formula is C20H22N4O2S. The zero-order chi connectivity index (χ0) is 18.8. The Morgan fingerprint density at radius 2 is 2.04 bits per heavy atom. The van der Waals surface area contributed by atoms with Gasteiger partial charge < -0.3 is 10.4 Å². The summed E-state index contributed by atoms with van der Waals surface area (Å²) < 4.78 is 0. The summed E-state index contributed by atoms with van der Waals surface area (Å²) >= 11 is 1.61. The molecule has 0 bridgehead atoms. The van der Waals surface area contributed by atoms with Gasteiger partial charge in [-0.25, -0.2) is 15.0 Å². The number of aryl methyl sites for hydroxylation is 1. The van der Waals surface area contributed by atoms with Crippen LogP contribution >= 0.6 is 11.3 Å². The Hall–Kier alpha value is -2.38. The molecule has 7 heteroatoms. The second-order valence-corrected chi connectivity index (χ2v) is 8.33. The van der Waals surface area contributed by atoms with E-state index in [9.17, 15) is 9.90 Å². The quantitative estimate of drug-likeness (QED) is 0.717. The first-order valence-corrected chi connectivity index (χ1v) is 10.1. The van der Waals surface area contributed by atoms with E-state index in [1.807, 2.05) is 31.3 Å². The van der Waals surface area contributed by atoms with Gasteiger partial charge in [-0.1, -0.05) is 0 Å². The van der Waals surface area contributed by atoms with Crippen molar-refractivity contribution in [2.24, 2.45) is 11.8 Å². The molecule has 1 amide bonds. The third kappa shape index (κ3) is 3.99. The summed E-state index contributed by atoms with van der Waals surface area (Å²) in [4.78, 5) is 26.9. The Kier molecular flexibility index (Phi) is 5.13. The van der Waals surface area contributed by atoms with Gasteiger partial charge in [-0.05, 0) is 50.7 Å². The molecule has 27 heavy (non-hydrogen) atoms. The molecule has 0 spiro atoms. The zero-order valence-corrected chi connectivity index (χ0v) is 16.0. The van der Waals surface area contributed by atoms with Crippen LogP contribution in [0.3, 0.4) is 0 Å². The highest BCUT2D eigenvalue weighted by Crippen LogP contribution is 2.30. The van der Waals surface area contributed by atoms with E-state index in [1.54, 1.807) is 17.5 Å². The second-order valence-electron chi connectivity index (χ2n) is 7.09. The third-order valence-electron chi connectivity index (χ3n) is 5.17. The van der Waals surface area contributed by atoms with E-state index in [4.69, 9.17) is 4.98 Å². The molecule has 0 saturated heterocycles. The lowest BCUT2D eigenvalue weighted by Crippen LogP contribution is -2.28. The number of hydrogen-bond donors (Lipinski definition) is 2. The molecular weight excluding hydrogens is 360 g/mol. The van der Waals surface area contributed by atoms with Crippen molar-refractivity contribution in [2.45, 2.75) is 32.6 Å². The molecule has 4 rings (SSSR count). The normalized spacial score (nSPS) is 19.9. The molecule has 3 heterocycles. The third-order valence-corrected chi connectivity index (χ3v) is 6.11. The molecule has 1 aliphatic carbocycles. The fourth-order valence-electron chi connectivity index (χ4n) is 3.54. The van der Waals surface area contributed by atoms with E-state index in [0.717, 1.165) is 52.2 Å². The Labute approximate surface area is 161 Å². The van der Waals surface area contributed by atoms with Crippen LogP contribution in [0.25, 0.3) is 21.5 Å². The second kappa shape index (κ2) is 7.70. The molecule has 140 valence electrons. The minimum absolute atomic E-state index is 0.00692. The van der Waals surface area contributed by atoms with Crippen LogP contribution in [0.2, 0.25) is 0 Å². The highest BCUT2D eigenvalue weighted by Gasteiger charge is 2.26. The fourth-order valence-corrected chi connectivity index (χ4v) is 4.28. The van der Waals surface area contributed by atoms with Crippen molar-refractivity contribution in [1.82, 2.24) is 15.0 Å². The van der Waals surface area contributed by atoms with E-state index in [1.165, 1.54) is 0 Å². The number of aliphatic hydroxyl groups excluding tert-OH is 1. The standard InChI is InChI=1S/C20H22N4O2S/c1-12-21-10-18(27-12)16-7-6-15-9-22-19(8-17(15)23-16)24-20(26)14-4-2-13(11-25)3-5-14/h6-10,13-14,25H,2-5,11H2,1H3,(H,22,24,26). The van der Waals surface area contributed by atoms with Crippen molar-refractivity contribution in [3.63, 3.8) is 0 Å². The highest BCUT2D eigenvalue weighted by atomic mass is 32.1. The van der Waals surface area contributed by atoms with Gasteiger partial charge in [0.25, 0.3) is 0 Å². The van der Waals surface area contributed by atoms with E-state index in [0.29, 0.717) is 11.7 Å². The van der Waals surface area contributed by atoms with Crippen molar-refractivity contribution in [3.05, 3.63) is 35.6 Å². The van der Waals surface area contributed by atoms with Gasteiger partial charge >= 0.3 is 0 Å². The first-order valence-electron chi connectivity index (χ1n) is 9.23. The van der Waals surface area contributed by atoms with Gasteiger partial charge in [0.2, 0.25) is 5.91 Å². The SMILES string of the molecule is Cc1ncc(-c2ccc3cnc(NC(=O)C4CCC(CO)CC4)cc3n2)s1. The first-order chi connectivity index (χ1) is 13.1. The van der Waals surface area contributed by atoms with E-state index < -0.39 is 0 Å². The molecule has 3 aromatic rings. The Bertz CT molecular complexity index is 964. The fraction of sp³-hybridized carbons (Fsp3) is 0.400.